The molecule has 0 saturated carbocycles. The number of rotatable bonds is 10. The monoisotopic (exact) mass is 265 g/mol. The Labute approximate surface area is 117 Å². The van der Waals surface area contributed by atoms with Crippen LogP contribution in [-0.2, 0) is 4.74 Å². The first kappa shape index (κ1) is 16.0. The van der Waals surface area contributed by atoms with Gasteiger partial charge in [-0.1, -0.05) is 19.1 Å². The van der Waals surface area contributed by atoms with Crippen molar-refractivity contribution in [1.82, 2.24) is 5.32 Å². The van der Waals surface area contributed by atoms with Gasteiger partial charge < -0.3 is 14.8 Å². The first-order valence-corrected chi connectivity index (χ1v) is 7.35. The molecule has 0 aliphatic carbocycles. The topological polar surface area (TPSA) is 30.5 Å². The maximum Gasteiger partial charge on any atom is 0.119 e. The summed E-state index contributed by atoms with van der Waals surface area (Å²) in [7, 11) is 0. The molecule has 1 aromatic carbocycles. The summed E-state index contributed by atoms with van der Waals surface area (Å²) in [5, 5.41) is 3.58. The average Bonchev–Trinajstić information content (AvgIpc) is 2.44. The molecule has 3 nitrogen and oxygen atoms in total. The third kappa shape index (κ3) is 6.08. The first-order chi connectivity index (χ1) is 9.31. The molecule has 1 unspecified atom stereocenters. The summed E-state index contributed by atoms with van der Waals surface area (Å²) in [6, 6.07) is 8.73. The minimum Gasteiger partial charge on any atom is -0.494 e. The Morgan fingerprint density at radius 1 is 1.05 bits per heavy atom. The van der Waals surface area contributed by atoms with Gasteiger partial charge >= 0.3 is 0 Å². The second-order valence-corrected chi connectivity index (χ2v) is 4.49. The van der Waals surface area contributed by atoms with Crippen LogP contribution in [0.1, 0.15) is 45.2 Å². The summed E-state index contributed by atoms with van der Waals surface area (Å²) in [4.78, 5) is 0. The van der Waals surface area contributed by atoms with Crippen molar-refractivity contribution in [1.29, 1.82) is 0 Å². The lowest BCUT2D eigenvalue weighted by atomic mass is 10.0. The van der Waals surface area contributed by atoms with Crippen LogP contribution in [0.5, 0.6) is 5.75 Å². The van der Waals surface area contributed by atoms with Crippen molar-refractivity contribution in [3.8, 4) is 5.75 Å². The molecule has 0 fully saturated rings. The van der Waals surface area contributed by atoms with Crippen LogP contribution < -0.4 is 10.1 Å². The highest BCUT2D eigenvalue weighted by Crippen LogP contribution is 2.20. The van der Waals surface area contributed by atoms with E-state index in [0.29, 0.717) is 12.6 Å². The fourth-order valence-corrected chi connectivity index (χ4v) is 2.01. The fraction of sp³-hybridized carbons (Fsp3) is 0.625. The molecule has 0 aliphatic heterocycles. The third-order valence-corrected chi connectivity index (χ3v) is 2.99. The summed E-state index contributed by atoms with van der Waals surface area (Å²) in [6.07, 6.45) is 2.14. The normalized spacial score (nSPS) is 12.4. The van der Waals surface area contributed by atoms with Gasteiger partial charge in [-0.05, 0) is 50.9 Å². The van der Waals surface area contributed by atoms with Gasteiger partial charge in [0.15, 0.2) is 0 Å². The lowest BCUT2D eigenvalue weighted by Gasteiger charge is -2.19. The molecule has 1 aromatic rings. The molecule has 108 valence electrons. The molecule has 0 spiro atoms. The highest BCUT2D eigenvalue weighted by molar-refractivity contribution is 5.29. The molecule has 0 aliphatic rings. The Morgan fingerprint density at radius 2 is 1.79 bits per heavy atom. The Balaban J connectivity index is 2.60. The fourth-order valence-electron chi connectivity index (χ4n) is 2.01. The molecule has 0 saturated heterocycles. The van der Waals surface area contributed by atoms with Crippen LogP contribution in [-0.4, -0.2) is 26.4 Å². The van der Waals surface area contributed by atoms with Crippen LogP contribution in [0.15, 0.2) is 24.3 Å². The molecule has 3 heteroatoms. The van der Waals surface area contributed by atoms with Crippen molar-refractivity contribution in [3.63, 3.8) is 0 Å². The summed E-state index contributed by atoms with van der Waals surface area (Å²) in [6.45, 7) is 9.54. The molecule has 0 aromatic heterocycles. The van der Waals surface area contributed by atoms with Gasteiger partial charge in [-0.2, -0.15) is 0 Å². The summed E-state index contributed by atoms with van der Waals surface area (Å²) in [5.74, 6) is 0.935. The standard InChI is InChI=1S/C16H27NO2/c1-4-12-17-16(11-13-18-5-2)14-7-9-15(10-8-14)19-6-3/h7-10,16-17H,4-6,11-13H2,1-3H3. The predicted molar refractivity (Wildman–Crippen MR) is 79.8 cm³/mol. The van der Waals surface area contributed by atoms with E-state index in [1.165, 1.54) is 5.56 Å². The molecule has 19 heavy (non-hydrogen) atoms. The quantitative estimate of drug-likeness (QED) is 0.656. The summed E-state index contributed by atoms with van der Waals surface area (Å²) in [5.41, 5.74) is 1.30. The van der Waals surface area contributed by atoms with Gasteiger partial charge in [-0.15, -0.1) is 0 Å². The van der Waals surface area contributed by atoms with E-state index in [1.807, 2.05) is 26.0 Å². The average molecular weight is 265 g/mol. The summed E-state index contributed by atoms with van der Waals surface area (Å²) < 4.78 is 10.9. The smallest absolute Gasteiger partial charge is 0.119 e. The van der Waals surface area contributed by atoms with E-state index in [2.05, 4.69) is 24.4 Å². The van der Waals surface area contributed by atoms with Gasteiger partial charge in [-0.3, -0.25) is 0 Å². The van der Waals surface area contributed by atoms with E-state index >= 15 is 0 Å². The van der Waals surface area contributed by atoms with Crippen molar-refractivity contribution in [2.45, 2.75) is 39.7 Å². The van der Waals surface area contributed by atoms with Crippen LogP contribution in [0.25, 0.3) is 0 Å². The zero-order chi connectivity index (χ0) is 13.9. The Hall–Kier alpha value is -1.06. The maximum atomic E-state index is 5.48. The van der Waals surface area contributed by atoms with Gasteiger partial charge in [0.2, 0.25) is 0 Å². The number of benzene rings is 1. The second-order valence-electron chi connectivity index (χ2n) is 4.49. The van der Waals surface area contributed by atoms with E-state index in [1.54, 1.807) is 0 Å². The third-order valence-electron chi connectivity index (χ3n) is 2.99. The van der Waals surface area contributed by atoms with Crippen molar-refractivity contribution >= 4 is 0 Å². The van der Waals surface area contributed by atoms with Gasteiger partial charge in [0.05, 0.1) is 6.61 Å². The lowest BCUT2D eigenvalue weighted by molar-refractivity contribution is 0.136. The number of hydrogen-bond donors (Lipinski definition) is 1. The molecule has 0 bridgehead atoms. The minimum absolute atomic E-state index is 0.363. The van der Waals surface area contributed by atoms with Crippen molar-refractivity contribution in [2.24, 2.45) is 0 Å². The zero-order valence-corrected chi connectivity index (χ0v) is 12.4. The molecular formula is C16H27NO2. The highest BCUT2D eigenvalue weighted by Gasteiger charge is 2.10. The Kier molecular flexibility index (Phi) is 8.26. The molecule has 0 heterocycles. The van der Waals surface area contributed by atoms with E-state index in [4.69, 9.17) is 9.47 Å². The van der Waals surface area contributed by atoms with Crippen LogP contribution in [0.3, 0.4) is 0 Å². The van der Waals surface area contributed by atoms with Crippen molar-refractivity contribution in [3.05, 3.63) is 29.8 Å². The van der Waals surface area contributed by atoms with E-state index < -0.39 is 0 Å². The highest BCUT2D eigenvalue weighted by atomic mass is 16.5. The van der Waals surface area contributed by atoms with Gasteiger partial charge in [0.1, 0.15) is 5.75 Å². The Bertz CT molecular complexity index is 324. The van der Waals surface area contributed by atoms with Crippen LogP contribution in [0.2, 0.25) is 0 Å². The molecule has 1 atom stereocenters. The van der Waals surface area contributed by atoms with Crippen molar-refractivity contribution < 1.29 is 9.47 Å². The first-order valence-electron chi connectivity index (χ1n) is 7.35. The molecule has 1 rings (SSSR count). The molecule has 1 N–H and O–H groups in total. The van der Waals surface area contributed by atoms with Crippen LogP contribution in [0.4, 0.5) is 0 Å². The minimum atomic E-state index is 0.363. The van der Waals surface area contributed by atoms with E-state index in [9.17, 15) is 0 Å². The SMILES string of the molecule is CCCNC(CCOCC)c1ccc(OCC)cc1. The molecular weight excluding hydrogens is 238 g/mol. The van der Waals surface area contributed by atoms with E-state index in [-0.39, 0.29) is 0 Å². The zero-order valence-electron chi connectivity index (χ0n) is 12.4. The number of hydrogen-bond acceptors (Lipinski definition) is 3. The molecule has 0 radical (unpaired) electrons. The number of nitrogens with one attached hydrogen (secondary N) is 1. The lowest BCUT2D eigenvalue weighted by Crippen LogP contribution is -2.23. The predicted octanol–water partition coefficient (Wildman–Crippen LogP) is 3.55. The number of ether oxygens (including phenoxy) is 2. The van der Waals surface area contributed by atoms with Gasteiger partial charge in [-0.25, -0.2) is 0 Å². The summed E-state index contributed by atoms with van der Waals surface area (Å²) >= 11 is 0. The van der Waals surface area contributed by atoms with Crippen LogP contribution >= 0.6 is 0 Å². The largest absolute Gasteiger partial charge is 0.494 e. The molecule has 0 amide bonds. The van der Waals surface area contributed by atoms with Gasteiger partial charge in [0, 0.05) is 19.3 Å². The van der Waals surface area contributed by atoms with E-state index in [0.717, 1.165) is 38.3 Å². The van der Waals surface area contributed by atoms with Crippen molar-refractivity contribution in [2.75, 3.05) is 26.4 Å². The maximum absolute atomic E-state index is 5.48. The van der Waals surface area contributed by atoms with Crippen LogP contribution in [0, 0.1) is 0 Å². The van der Waals surface area contributed by atoms with Gasteiger partial charge in [0.25, 0.3) is 0 Å². The second kappa shape index (κ2) is 9.82. The Morgan fingerprint density at radius 3 is 2.37 bits per heavy atom.